The zero-order valence-corrected chi connectivity index (χ0v) is 14.4. The van der Waals surface area contributed by atoms with Crippen LogP contribution in [-0.4, -0.2) is 18.9 Å². The van der Waals surface area contributed by atoms with Gasteiger partial charge in [0.1, 0.15) is 16.9 Å². The van der Waals surface area contributed by atoms with Crippen LogP contribution in [-0.2, 0) is 9.59 Å². The first-order chi connectivity index (χ1) is 12.0. The molecule has 3 rings (SSSR count). The van der Waals surface area contributed by atoms with Crippen molar-refractivity contribution >= 4 is 11.8 Å². The largest absolute Gasteiger partial charge is 0.457 e. The Morgan fingerprint density at radius 3 is 2.12 bits per heavy atom. The van der Waals surface area contributed by atoms with Gasteiger partial charge in [0.25, 0.3) is 0 Å². The maximum atomic E-state index is 12.4. The predicted molar refractivity (Wildman–Crippen MR) is 95.2 cm³/mol. The van der Waals surface area contributed by atoms with Gasteiger partial charge in [0.05, 0.1) is 6.04 Å². The zero-order valence-electron chi connectivity index (χ0n) is 14.4. The Morgan fingerprint density at radius 1 is 0.960 bits per heavy atom. The van der Waals surface area contributed by atoms with E-state index >= 15 is 0 Å². The van der Waals surface area contributed by atoms with Crippen molar-refractivity contribution < 1.29 is 14.3 Å². The molecule has 1 aliphatic carbocycles. The van der Waals surface area contributed by atoms with E-state index in [0.717, 1.165) is 17.1 Å². The van der Waals surface area contributed by atoms with Crippen molar-refractivity contribution in [2.45, 2.75) is 25.8 Å². The molecule has 0 aliphatic heterocycles. The fraction of sp³-hybridized carbons (Fsp3) is 0.300. The number of rotatable bonds is 6. The van der Waals surface area contributed by atoms with E-state index in [1.165, 1.54) is 0 Å². The average molecular weight is 338 g/mol. The van der Waals surface area contributed by atoms with Gasteiger partial charge in [0, 0.05) is 7.05 Å². The molecule has 0 bridgehead atoms. The number of carbonyl (C=O) groups is 2. The number of nitrogens with one attached hydrogen (secondary N) is 2. The van der Waals surface area contributed by atoms with Crippen LogP contribution in [0.4, 0.5) is 0 Å². The highest BCUT2D eigenvalue weighted by atomic mass is 16.5. The van der Waals surface area contributed by atoms with E-state index in [1.54, 1.807) is 7.05 Å². The first kappa shape index (κ1) is 17.0. The molecule has 0 radical (unpaired) electrons. The minimum Gasteiger partial charge on any atom is -0.457 e. The summed E-state index contributed by atoms with van der Waals surface area (Å²) in [5, 5.41) is 5.52. The highest BCUT2D eigenvalue weighted by Gasteiger charge is 2.56. The molecule has 0 saturated heterocycles. The fourth-order valence-corrected chi connectivity index (χ4v) is 2.79. The number of benzene rings is 2. The van der Waals surface area contributed by atoms with Crippen LogP contribution in [0, 0.1) is 5.41 Å². The van der Waals surface area contributed by atoms with E-state index < -0.39 is 5.41 Å². The molecule has 2 N–H and O–H groups in total. The van der Waals surface area contributed by atoms with Gasteiger partial charge in [-0.3, -0.25) is 9.59 Å². The van der Waals surface area contributed by atoms with Crippen LogP contribution >= 0.6 is 0 Å². The van der Waals surface area contributed by atoms with E-state index in [-0.39, 0.29) is 17.9 Å². The van der Waals surface area contributed by atoms with E-state index in [9.17, 15) is 9.59 Å². The summed E-state index contributed by atoms with van der Waals surface area (Å²) in [4.78, 5) is 24.3. The molecule has 2 aromatic carbocycles. The van der Waals surface area contributed by atoms with Gasteiger partial charge in [-0.05, 0) is 49.6 Å². The van der Waals surface area contributed by atoms with Crippen molar-refractivity contribution in [3.8, 4) is 11.5 Å². The molecule has 0 heterocycles. The molecule has 5 heteroatoms. The molecule has 130 valence electrons. The third-order valence-electron chi connectivity index (χ3n) is 4.55. The van der Waals surface area contributed by atoms with Gasteiger partial charge in [-0.25, -0.2) is 0 Å². The van der Waals surface area contributed by atoms with Crippen LogP contribution in [0.1, 0.15) is 31.4 Å². The number of hydrogen-bond donors (Lipinski definition) is 2. The minimum absolute atomic E-state index is 0.180. The summed E-state index contributed by atoms with van der Waals surface area (Å²) in [6.07, 6.45) is 1.21. The smallest absolute Gasteiger partial charge is 0.236 e. The van der Waals surface area contributed by atoms with Gasteiger partial charge in [-0.1, -0.05) is 30.3 Å². The molecular weight excluding hydrogens is 316 g/mol. The lowest BCUT2D eigenvalue weighted by Gasteiger charge is -2.19. The van der Waals surface area contributed by atoms with Crippen LogP contribution in [0.25, 0.3) is 0 Å². The number of hydrogen-bond acceptors (Lipinski definition) is 3. The molecule has 1 aliphatic rings. The molecular formula is C20H22N2O3. The van der Waals surface area contributed by atoms with Gasteiger partial charge < -0.3 is 15.4 Å². The van der Waals surface area contributed by atoms with Crippen molar-refractivity contribution in [1.29, 1.82) is 0 Å². The normalized spacial score (nSPS) is 15.8. The molecule has 0 spiro atoms. The second-order valence-electron chi connectivity index (χ2n) is 6.34. The Labute approximate surface area is 147 Å². The summed E-state index contributed by atoms with van der Waals surface area (Å²) in [5.74, 6) is 1.10. The number of ether oxygens (including phenoxy) is 1. The molecule has 1 fully saturated rings. The minimum atomic E-state index is -0.876. The highest BCUT2D eigenvalue weighted by Crippen LogP contribution is 2.46. The Morgan fingerprint density at radius 2 is 1.56 bits per heavy atom. The summed E-state index contributed by atoms with van der Waals surface area (Å²) in [5.41, 5.74) is 0.0841. The third-order valence-corrected chi connectivity index (χ3v) is 4.55. The van der Waals surface area contributed by atoms with E-state index in [0.29, 0.717) is 12.8 Å². The van der Waals surface area contributed by atoms with E-state index in [2.05, 4.69) is 10.6 Å². The molecule has 5 nitrogen and oxygen atoms in total. The van der Waals surface area contributed by atoms with Gasteiger partial charge >= 0.3 is 0 Å². The molecule has 2 aromatic rings. The van der Waals surface area contributed by atoms with E-state index in [4.69, 9.17) is 4.74 Å². The van der Waals surface area contributed by atoms with Crippen molar-refractivity contribution in [2.24, 2.45) is 5.41 Å². The SMILES string of the molecule is CNC(=O)C1(C(=O)N[C@@H](C)c2ccc(Oc3ccccc3)cc2)CC1. The molecule has 0 aromatic heterocycles. The van der Waals surface area contributed by atoms with E-state index in [1.807, 2.05) is 61.5 Å². The number of para-hydroxylation sites is 1. The predicted octanol–water partition coefficient (Wildman–Crippen LogP) is 3.18. The molecule has 25 heavy (non-hydrogen) atoms. The molecule has 2 amide bonds. The summed E-state index contributed by atoms with van der Waals surface area (Å²) in [7, 11) is 1.56. The molecule has 0 unspecified atom stereocenters. The Balaban J connectivity index is 1.62. The fourth-order valence-electron chi connectivity index (χ4n) is 2.79. The van der Waals surface area contributed by atoms with Gasteiger partial charge in [0.15, 0.2) is 0 Å². The first-order valence-electron chi connectivity index (χ1n) is 8.41. The summed E-state index contributed by atoms with van der Waals surface area (Å²) >= 11 is 0. The van der Waals surface area contributed by atoms with Crippen LogP contribution in [0.5, 0.6) is 11.5 Å². The summed E-state index contributed by atoms with van der Waals surface area (Å²) in [6.45, 7) is 1.91. The van der Waals surface area contributed by atoms with Crippen molar-refractivity contribution in [2.75, 3.05) is 7.05 Å². The second kappa shape index (κ2) is 6.97. The Hall–Kier alpha value is -2.82. The summed E-state index contributed by atoms with van der Waals surface area (Å²) in [6, 6.07) is 17.0. The maximum Gasteiger partial charge on any atom is 0.236 e. The standard InChI is InChI=1S/C20H22N2O3/c1-14(22-19(24)20(12-13-20)18(23)21-2)15-8-10-17(11-9-15)25-16-6-4-3-5-7-16/h3-11,14H,12-13H2,1-2H3,(H,21,23)(H,22,24)/t14-/m0/s1. The van der Waals surface area contributed by atoms with Crippen molar-refractivity contribution in [3.63, 3.8) is 0 Å². The Kier molecular flexibility index (Phi) is 4.74. The van der Waals surface area contributed by atoms with Crippen LogP contribution in [0.2, 0.25) is 0 Å². The van der Waals surface area contributed by atoms with Crippen molar-refractivity contribution in [1.82, 2.24) is 10.6 Å². The molecule has 1 saturated carbocycles. The lowest BCUT2D eigenvalue weighted by Crippen LogP contribution is -2.42. The monoisotopic (exact) mass is 338 g/mol. The summed E-state index contributed by atoms with van der Waals surface area (Å²) < 4.78 is 5.76. The topological polar surface area (TPSA) is 67.4 Å². The van der Waals surface area contributed by atoms with Gasteiger partial charge in [-0.2, -0.15) is 0 Å². The average Bonchev–Trinajstić information content (AvgIpc) is 3.44. The Bertz CT molecular complexity index is 752. The number of carbonyl (C=O) groups excluding carboxylic acids is 2. The van der Waals surface area contributed by atoms with Crippen LogP contribution in [0.3, 0.4) is 0 Å². The lowest BCUT2D eigenvalue weighted by atomic mass is 10.0. The first-order valence-corrected chi connectivity index (χ1v) is 8.41. The maximum absolute atomic E-state index is 12.4. The zero-order chi connectivity index (χ0) is 17.9. The highest BCUT2D eigenvalue weighted by molar-refractivity contribution is 6.07. The van der Waals surface area contributed by atoms with Crippen molar-refractivity contribution in [3.05, 3.63) is 60.2 Å². The lowest BCUT2D eigenvalue weighted by molar-refractivity contribution is -0.137. The van der Waals surface area contributed by atoms with Gasteiger partial charge in [-0.15, -0.1) is 0 Å². The third kappa shape index (κ3) is 3.65. The molecule has 1 atom stereocenters. The number of amides is 2. The quantitative estimate of drug-likeness (QED) is 0.795. The van der Waals surface area contributed by atoms with Crippen LogP contribution < -0.4 is 15.4 Å². The van der Waals surface area contributed by atoms with Gasteiger partial charge in [0.2, 0.25) is 11.8 Å². The second-order valence-corrected chi connectivity index (χ2v) is 6.34. The van der Waals surface area contributed by atoms with Crippen LogP contribution in [0.15, 0.2) is 54.6 Å².